The molecule has 2 heteroatoms. The van der Waals surface area contributed by atoms with Crippen LogP contribution in [0.2, 0.25) is 4.34 Å². The second-order valence-corrected chi connectivity index (χ2v) is 3.55. The molecule has 0 saturated heterocycles. The highest BCUT2D eigenvalue weighted by atomic mass is 35.5. The molecule has 0 fully saturated rings. The average Bonchev–Trinajstić information content (AvgIpc) is 2.17. The van der Waals surface area contributed by atoms with E-state index in [1.54, 1.807) is 11.3 Å². The Morgan fingerprint density at radius 2 is 2.44 bits per heavy atom. The number of hydrogen-bond acceptors (Lipinski definition) is 1. The monoisotopic (exact) mass is 160 g/mol. The Morgan fingerprint density at radius 1 is 1.67 bits per heavy atom. The fraction of sp³-hybridized carbons (Fsp3) is 0.429. The molecule has 9 heavy (non-hydrogen) atoms. The molecular weight excluding hydrogens is 152 g/mol. The molecule has 0 atom stereocenters. The largest absolute Gasteiger partial charge is 0.132 e. The molecule has 0 aliphatic carbocycles. The molecule has 1 aromatic rings. The van der Waals surface area contributed by atoms with Crippen molar-refractivity contribution in [1.29, 1.82) is 0 Å². The highest BCUT2D eigenvalue weighted by Gasteiger charge is 1.93. The maximum atomic E-state index is 5.71. The van der Waals surface area contributed by atoms with Crippen molar-refractivity contribution < 1.29 is 0 Å². The molecule has 0 N–H and O–H groups in total. The van der Waals surface area contributed by atoms with Gasteiger partial charge in [0.25, 0.3) is 0 Å². The maximum Gasteiger partial charge on any atom is 0.0931 e. The summed E-state index contributed by atoms with van der Waals surface area (Å²) in [5.41, 5.74) is 1.37. The maximum absolute atomic E-state index is 5.71. The third kappa shape index (κ3) is 1.99. The van der Waals surface area contributed by atoms with Crippen LogP contribution < -0.4 is 0 Å². The Bertz CT molecular complexity index is 181. The van der Waals surface area contributed by atoms with E-state index in [2.05, 4.69) is 12.3 Å². The quantitative estimate of drug-likeness (QED) is 0.623. The molecule has 0 saturated carbocycles. The second-order valence-electron chi connectivity index (χ2n) is 2.01. The average molecular weight is 161 g/mol. The topological polar surface area (TPSA) is 0 Å². The van der Waals surface area contributed by atoms with Gasteiger partial charge in [-0.25, -0.2) is 0 Å². The minimum absolute atomic E-state index is 0.901. The number of hydrogen-bond donors (Lipinski definition) is 0. The van der Waals surface area contributed by atoms with Crippen LogP contribution in [0.5, 0.6) is 0 Å². The standard InChI is InChI=1S/C7H9ClS/c1-2-3-6-4-7(8)9-5-6/h4-5H,2-3H2,1H3. The van der Waals surface area contributed by atoms with Gasteiger partial charge in [0.2, 0.25) is 0 Å². The van der Waals surface area contributed by atoms with E-state index in [0.29, 0.717) is 0 Å². The summed E-state index contributed by atoms with van der Waals surface area (Å²) in [4.78, 5) is 0. The number of thiophene rings is 1. The smallest absolute Gasteiger partial charge is 0.0931 e. The zero-order chi connectivity index (χ0) is 6.69. The lowest BCUT2D eigenvalue weighted by Crippen LogP contribution is -1.74. The summed E-state index contributed by atoms with van der Waals surface area (Å²) in [6.45, 7) is 2.17. The van der Waals surface area contributed by atoms with Gasteiger partial charge < -0.3 is 0 Å². The van der Waals surface area contributed by atoms with Gasteiger partial charge in [0.15, 0.2) is 0 Å². The Kier molecular flexibility index (Phi) is 2.55. The Morgan fingerprint density at radius 3 is 2.89 bits per heavy atom. The Labute approximate surface area is 64.5 Å². The van der Waals surface area contributed by atoms with Crippen molar-refractivity contribution in [2.24, 2.45) is 0 Å². The first-order valence-corrected chi connectivity index (χ1v) is 4.31. The van der Waals surface area contributed by atoms with Gasteiger partial charge in [0, 0.05) is 0 Å². The van der Waals surface area contributed by atoms with Crippen LogP contribution >= 0.6 is 22.9 Å². The van der Waals surface area contributed by atoms with Gasteiger partial charge in [-0.2, -0.15) is 0 Å². The van der Waals surface area contributed by atoms with E-state index >= 15 is 0 Å². The summed E-state index contributed by atoms with van der Waals surface area (Å²) in [5, 5.41) is 2.12. The molecule has 1 aromatic heterocycles. The van der Waals surface area contributed by atoms with Crippen LogP contribution in [0.15, 0.2) is 11.4 Å². The lowest BCUT2D eigenvalue weighted by Gasteiger charge is -1.86. The first kappa shape index (κ1) is 7.10. The van der Waals surface area contributed by atoms with E-state index in [9.17, 15) is 0 Å². The zero-order valence-corrected chi connectivity index (χ0v) is 6.93. The first-order chi connectivity index (χ1) is 4.33. The molecule has 1 heterocycles. The molecule has 0 aliphatic rings. The van der Waals surface area contributed by atoms with E-state index in [4.69, 9.17) is 11.6 Å². The summed E-state index contributed by atoms with van der Waals surface area (Å²) >= 11 is 7.32. The van der Waals surface area contributed by atoms with Crippen LogP contribution in [-0.2, 0) is 6.42 Å². The lowest BCUT2D eigenvalue weighted by molar-refractivity contribution is 0.927. The molecule has 0 radical (unpaired) electrons. The van der Waals surface area contributed by atoms with Crippen molar-refractivity contribution >= 4 is 22.9 Å². The van der Waals surface area contributed by atoms with Crippen molar-refractivity contribution in [2.45, 2.75) is 19.8 Å². The Balaban J connectivity index is 2.61. The van der Waals surface area contributed by atoms with Crippen LogP contribution in [0.4, 0.5) is 0 Å². The molecule has 0 aromatic carbocycles. The van der Waals surface area contributed by atoms with Crippen LogP contribution in [0.1, 0.15) is 18.9 Å². The number of halogens is 1. The molecule has 50 valence electrons. The molecule has 0 spiro atoms. The normalized spacial score (nSPS) is 10.0. The van der Waals surface area contributed by atoms with Crippen molar-refractivity contribution in [3.63, 3.8) is 0 Å². The third-order valence-electron chi connectivity index (χ3n) is 1.16. The van der Waals surface area contributed by atoms with Gasteiger partial charge >= 0.3 is 0 Å². The third-order valence-corrected chi connectivity index (χ3v) is 2.30. The van der Waals surface area contributed by atoms with E-state index < -0.39 is 0 Å². The second kappa shape index (κ2) is 3.23. The number of aryl methyl sites for hydroxylation is 1. The van der Waals surface area contributed by atoms with Crippen LogP contribution in [0, 0.1) is 0 Å². The SMILES string of the molecule is CCCc1csc(Cl)c1. The van der Waals surface area contributed by atoms with Gasteiger partial charge in [0.1, 0.15) is 0 Å². The minimum atomic E-state index is 0.901. The van der Waals surface area contributed by atoms with Crippen LogP contribution in [-0.4, -0.2) is 0 Å². The summed E-state index contributed by atoms with van der Waals surface area (Å²) in [5.74, 6) is 0. The highest BCUT2D eigenvalue weighted by Crippen LogP contribution is 2.20. The van der Waals surface area contributed by atoms with E-state index in [-0.39, 0.29) is 0 Å². The van der Waals surface area contributed by atoms with E-state index in [0.717, 1.165) is 10.8 Å². The zero-order valence-electron chi connectivity index (χ0n) is 5.36. The summed E-state index contributed by atoms with van der Waals surface area (Å²) < 4.78 is 0.901. The summed E-state index contributed by atoms with van der Waals surface area (Å²) in [7, 11) is 0. The Hall–Kier alpha value is -0.0100. The molecule has 0 bridgehead atoms. The van der Waals surface area contributed by atoms with Crippen molar-refractivity contribution in [2.75, 3.05) is 0 Å². The summed E-state index contributed by atoms with van der Waals surface area (Å²) in [6.07, 6.45) is 2.36. The van der Waals surface area contributed by atoms with Crippen LogP contribution in [0.3, 0.4) is 0 Å². The fourth-order valence-corrected chi connectivity index (χ4v) is 1.71. The number of rotatable bonds is 2. The van der Waals surface area contributed by atoms with Gasteiger partial charge in [-0.3, -0.25) is 0 Å². The first-order valence-electron chi connectivity index (χ1n) is 3.06. The van der Waals surface area contributed by atoms with Gasteiger partial charge in [0.05, 0.1) is 4.34 Å². The van der Waals surface area contributed by atoms with E-state index in [1.807, 2.05) is 6.07 Å². The molecule has 0 aliphatic heterocycles. The molecule has 0 amide bonds. The van der Waals surface area contributed by atoms with E-state index in [1.165, 1.54) is 12.0 Å². The highest BCUT2D eigenvalue weighted by molar-refractivity contribution is 7.14. The summed E-state index contributed by atoms with van der Waals surface area (Å²) in [6, 6.07) is 2.04. The predicted octanol–water partition coefficient (Wildman–Crippen LogP) is 3.35. The molecule has 0 nitrogen and oxygen atoms in total. The fourth-order valence-electron chi connectivity index (χ4n) is 0.766. The van der Waals surface area contributed by atoms with Crippen molar-refractivity contribution in [3.05, 3.63) is 21.3 Å². The molecule has 0 unspecified atom stereocenters. The molecular formula is C7H9ClS. The minimum Gasteiger partial charge on any atom is -0.132 e. The van der Waals surface area contributed by atoms with Crippen molar-refractivity contribution in [1.82, 2.24) is 0 Å². The van der Waals surface area contributed by atoms with Crippen molar-refractivity contribution in [3.8, 4) is 0 Å². The lowest BCUT2D eigenvalue weighted by atomic mass is 10.2. The molecule has 1 rings (SSSR count). The van der Waals surface area contributed by atoms with Gasteiger partial charge in [-0.05, 0) is 23.4 Å². The van der Waals surface area contributed by atoms with Gasteiger partial charge in [-0.1, -0.05) is 24.9 Å². The van der Waals surface area contributed by atoms with Crippen LogP contribution in [0.25, 0.3) is 0 Å². The van der Waals surface area contributed by atoms with Gasteiger partial charge in [-0.15, -0.1) is 11.3 Å². The predicted molar refractivity (Wildman–Crippen MR) is 43.3 cm³/mol.